The summed E-state index contributed by atoms with van der Waals surface area (Å²) in [6, 6.07) is 3.06. The largest absolute Gasteiger partial charge is 0.492 e. The van der Waals surface area contributed by atoms with Crippen LogP contribution in [0.1, 0.15) is 35.7 Å². The van der Waals surface area contributed by atoms with Crippen molar-refractivity contribution < 1.29 is 40.0 Å². The molecule has 0 saturated carbocycles. The average Bonchev–Trinajstić information content (AvgIpc) is 3.28. The molecular weight excluding hydrogens is 454 g/mol. The zero-order valence-electron chi connectivity index (χ0n) is 16.1. The summed E-state index contributed by atoms with van der Waals surface area (Å²) >= 11 is -0.510. The molecule has 31 heavy (non-hydrogen) atoms. The number of benzene rings is 1. The Labute approximate surface area is 175 Å². The molecule has 168 valence electrons. The lowest BCUT2D eigenvalue weighted by atomic mass is 10.1. The normalized spacial score (nSPS) is 13.5. The molecule has 0 saturated heterocycles. The number of aryl methyl sites for hydroxylation is 2. The van der Waals surface area contributed by atoms with Crippen molar-refractivity contribution in [2.24, 2.45) is 0 Å². The second kappa shape index (κ2) is 8.40. The number of aromatic nitrogens is 4. The smallest absolute Gasteiger partial charge is 0.471 e. The minimum atomic E-state index is -4.75. The molecule has 2 aromatic heterocycles. The molecule has 1 atom stereocenters. The highest BCUT2D eigenvalue weighted by Gasteiger charge is 2.38. The van der Waals surface area contributed by atoms with Crippen LogP contribution < -0.4 is 4.74 Å². The van der Waals surface area contributed by atoms with Crippen molar-refractivity contribution in [3.8, 4) is 17.1 Å². The number of halogens is 6. The summed E-state index contributed by atoms with van der Waals surface area (Å²) in [5, 5.41) is 9.67. The molecule has 2 heterocycles. The minimum absolute atomic E-state index is 0.0137. The lowest BCUT2D eigenvalue weighted by Gasteiger charge is -2.15. The highest BCUT2D eigenvalue weighted by atomic mass is 32.2. The first-order chi connectivity index (χ1) is 14.3. The van der Waals surface area contributed by atoms with E-state index in [1.54, 1.807) is 20.8 Å². The molecule has 0 aliphatic rings. The molecule has 0 spiro atoms. The van der Waals surface area contributed by atoms with Crippen LogP contribution in [0.2, 0.25) is 0 Å². The van der Waals surface area contributed by atoms with E-state index >= 15 is 0 Å². The molecule has 0 N–H and O–H groups in total. The summed E-state index contributed by atoms with van der Waals surface area (Å²) < 4.78 is 90.0. The Morgan fingerprint density at radius 3 is 2.26 bits per heavy atom. The first kappa shape index (κ1) is 22.9. The zero-order chi connectivity index (χ0) is 23.0. The highest BCUT2D eigenvalue weighted by molar-refractivity contribution is 7.99. The standard InChI is InChI=1S/C17H14F6N4O3S/c1-7-4-10(12-24-14(30-27-12)16(18,19)20)5-8(2)11(7)28-6-9(3)13-25-26-15(29-13)31-17(21,22)23/h4-5,9H,6H2,1-3H3. The third-order valence-corrected chi connectivity index (χ3v) is 4.48. The number of hydrogen-bond donors (Lipinski definition) is 0. The third kappa shape index (κ3) is 5.68. The van der Waals surface area contributed by atoms with E-state index in [0.29, 0.717) is 22.4 Å². The van der Waals surface area contributed by atoms with E-state index < -0.39 is 40.5 Å². The van der Waals surface area contributed by atoms with Crippen LogP contribution in [0.4, 0.5) is 26.3 Å². The van der Waals surface area contributed by atoms with Crippen LogP contribution in [-0.4, -0.2) is 32.5 Å². The van der Waals surface area contributed by atoms with Gasteiger partial charge in [-0.1, -0.05) is 12.1 Å². The highest BCUT2D eigenvalue weighted by Crippen LogP contribution is 2.37. The van der Waals surface area contributed by atoms with Crippen molar-refractivity contribution in [2.45, 2.75) is 43.6 Å². The van der Waals surface area contributed by atoms with Gasteiger partial charge in [0, 0.05) is 17.3 Å². The second-order valence-corrected chi connectivity index (χ2v) is 7.54. The average molecular weight is 468 g/mol. The van der Waals surface area contributed by atoms with E-state index in [4.69, 9.17) is 9.15 Å². The summed E-state index contributed by atoms with van der Waals surface area (Å²) in [4.78, 5) is 3.35. The molecule has 1 aromatic carbocycles. The molecule has 7 nitrogen and oxygen atoms in total. The fourth-order valence-corrected chi connectivity index (χ4v) is 3.01. The summed E-state index contributed by atoms with van der Waals surface area (Å²) in [7, 11) is 0. The topological polar surface area (TPSA) is 87.1 Å². The van der Waals surface area contributed by atoms with E-state index in [9.17, 15) is 26.3 Å². The van der Waals surface area contributed by atoms with Gasteiger partial charge in [-0.25, -0.2) is 0 Å². The van der Waals surface area contributed by atoms with Crippen LogP contribution >= 0.6 is 11.8 Å². The Morgan fingerprint density at radius 2 is 1.71 bits per heavy atom. The lowest BCUT2D eigenvalue weighted by molar-refractivity contribution is -0.159. The molecule has 0 radical (unpaired) electrons. The molecule has 1 unspecified atom stereocenters. The van der Waals surface area contributed by atoms with E-state index in [2.05, 4.69) is 24.9 Å². The van der Waals surface area contributed by atoms with Crippen LogP contribution in [0, 0.1) is 13.8 Å². The van der Waals surface area contributed by atoms with Gasteiger partial charge < -0.3 is 13.7 Å². The Morgan fingerprint density at radius 1 is 1.06 bits per heavy atom. The fourth-order valence-electron chi connectivity index (χ4n) is 2.60. The first-order valence-electron chi connectivity index (χ1n) is 8.58. The number of ether oxygens (including phenoxy) is 1. The predicted octanol–water partition coefficient (Wildman–Crippen LogP) is 5.55. The predicted molar refractivity (Wildman–Crippen MR) is 94.3 cm³/mol. The van der Waals surface area contributed by atoms with Gasteiger partial charge in [0.2, 0.25) is 11.7 Å². The Hall–Kier alpha value is -2.77. The van der Waals surface area contributed by atoms with Gasteiger partial charge in [0.25, 0.3) is 5.22 Å². The monoisotopic (exact) mass is 468 g/mol. The van der Waals surface area contributed by atoms with Crippen LogP contribution in [0.3, 0.4) is 0 Å². The maximum absolute atomic E-state index is 12.6. The van der Waals surface area contributed by atoms with Gasteiger partial charge in [0.1, 0.15) is 5.75 Å². The van der Waals surface area contributed by atoms with Crippen molar-refractivity contribution in [2.75, 3.05) is 6.61 Å². The Kier molecular flexibility index (Phi) is 6.21. The van der Waals surface area contributed by atoms with E-state index in [-0.39, 0.29) is 18.3 Å². The molecule has 0 aliphatic heterocycles. The summed E-state index contributed by atoms with van der Waals surface area (Å²) in [5.41, 5.74) is -3.07. The molecule has 0 fully saturated rings. The minimum Gasteiger partial charge on any atom is -0.492 e. The van der Waals surface area contributed by atoms with Gasteiger partial charge in [0.15, 0.2) is 0 Å². The van der Waals surface area contributed by atoms with Gasteiger partial charge in [-0.05, 0) is 37.1 Å². The molecular formula is C17H14F6N4O3S. The van der Waals surface area contributed by atoms with Gasteiger partial charge in [-0.3, -0.25) is 0 Å². The van der Waals surface area contributed by atoms with Crippen molar-refractivity contribution >= 4 is 11.8 Å². The number of rotatable bonds is 6. The van der Waals surface area contributed by atoms with Crippen LogP contribution in [-0.2, 0) is 6.18 Å². The first-order valence-corrected chi connectivity index (χ1v) is 9.39. The molecule has 3 rings (SSSR count). The summed E-state index contributed by atoms with van der Waals surface area (Å²) in [5.74, 6) is -1.77. The zero-order valence-corrected chi connectivity index (χ0v) is 16.9. The van der Waals surface area contributed by atoms with Gasteiger partial charge in [0.05, 0.1) is 12.5 Å². The maximum Gasteiger partial charge on any atom is 0.471 e. The number of thioether (sulfide) groups is 1. The van der Waals surface area contributed by atoms with Crippen LogP contribution in [0.5, 0.6) is 5.75 Å². The fraction of sp³-hybridized carbons (Fsp3) is 0.412. The van der Waals surface area contributed by atoms with Crippen molar-refractivity contribution in [3.05, 3.63) is 35.0 Å². The number of hydrogen-bond acceptors (Lipinski definition) is 8. The van der Waals surface area contributed by atoms with Gasteiger partial charge >= 0.3 is 17.6 Å². The van der Waals surface area contributed by atoms with Crippen LogP contribution in [0.25, 0.3) is 11.4 Å². The molecule has 0 aliphatic carbocycles. The molecule has 0 amide bonds. The molecule has 3 aromatic rings. The second-order valence-electron chi connectivity index (χ2n) is 6.53. The SMILES string of the molecule is Cc1cc(-c2noc(C(F)(F)F)n2)cc(C)c1OCC(C)c1nnc(SC(F)(F)F)o1. The van der Waals surface area contributed by atoms with Gasteiger partial charge in [-0.15, -0.1) is 10.2 Å². The Balaban J connectivity index is 1.71. The molecule has 14 heteroatoms. The summed E-state index contributed by atoms with van der Waals surface area (Å²) in [6.07, 6.45) is -4.75. The lowest BCUT2D eigenvalue weighted by Crippen LogP contribution is -2.09. The number of alkyl halides is 6. The Bertz CT molecular complexity index is 1040. The summed E-state index contributed by atoms with van der Waals surface area (Å²) in [6.45, 7) is 4.99. The third-order valence-electron chi connectivity index (χ3n) is 3.91. The van der Waals surface area contributed by atoms with E-state index in [1.807, 2.05) is 0 Å². The van der Waals surface area contributed by atoms with Crippen molar-refractivity contribution in [1.82, 2.24) is 20.3 Å². The van der Waals surface area contributed by atoms with Crippen molar-refractivity contribution in [1.29, 1.82) is 0 Å². The molecule has 0 bridgehead atoms. The van der Waals surface area contributed by atoms with E-state index in [1.165, 1.54) is 12.1 Å². The van der Waals surface area contributed by atoms with E-state index in [0.717, 1.165) is 0 Å². The van der Waals surface area contributed by atoms with Crippen molar-refractivity contribution in [3.63, 3.8) is 0 Å². The maximum atomic E-state index is 12.6. The van der Waals surface area contributed by atoms with Crippen LogP contribution in [0.15, 0.2) is 26.3 Å². The number of nitrogens with zero attached hydrogens (tertiary/aromatic N) is 4. The van der Waals surface area contributed by atoms with Gasteiger partial charge in [-0.2, -0.15) is 31.3 Å². The quantitative estimate of drug-likeness (QED) is 0.344.